The number of ether oxygens (including phenoxy) is 2. The Balaban J connectivity index is 1.74. The standard InChI is InChI=1S/C21H25NO4/c1-2-3-4-8-15-25-21(24)17-11-13-18(14-12-17)22-20(23)16-26-19-9-6-5-7-10-19/h5-7,9-14H,2-4,8,15-16H2,1H3,(H,22,23). The zero-order chi connectivity index (χ0) is 18.6. The van der Waals surface area contributed by atoms with Crippen molar-refractivity contribution < 1.29 is 19.1 Å². The first-order chi connectivity index (χ1) is 12.7. The van der Waals surface area contributed by atoms with Crippen molar-refractivity contribution in [2.24, 2.45) is 0 Å². The first-order valence-electron chi connectivity index (χ1n) is 8.94. The van der Waals surface area contributed by atoms with Crippen molar-refractivity contribution in [2.45, 2.75) is 32.6 Å². The number of amides is 1. The van der Waals surface area contributed by atoms with E-state index in [4.69, 9.17) is 9.47 Å². The van der Waals surface area contributed by atoms with E-state index in [0.717, 1.165) is 25.7 Å². The van der Waals surface area contributed by atoms with Crippen LogP contribution in [0.5, 0.6) is 5.75 Å². The minimum absolute atomic E-state index is 0.0778. The first kappa shape index (κ1) is 19.5. The molecule has 5 nitrogen and oxygen atoms in total. The van der Waals surface area contributed by atoms with Crippen LogP contribution in [-0.2, 0) is 9.53 Å². The Morgan fingerprint density at radius 3 is 2.35 bits per heavy atom. The Morgan fingerprint density at radius 2 is 1.65 bits per heavy atom. The van der Waals surface area contributed by atoms with E-state index in [1.54, 1.807) is 36.4 Å². The number of carbonyl (C=O) groups excluding carboxylic acids is 2. The Morgan fingerprint density at radius 1 is 0.923 bits per heavy atom. The Bertz CT molecular complexity index is 683. The van der Waals surface area contributed by atoms with Gasteiger partial charge in [-0.3, -0.25) is 4.79 Å². The lowest BCUT2D eigenvalue weighted by Crippen LogP contribution is -2.20. The average Bonchev–Trinajstić information content (AvgIpc) is 2.67. The topological polar surface area (TPSA) is 64.6 Å². The van der Waals surface area contributed by atoms with E-state index in [1.807, 2.05) is 18.2 Å². The molecule has 0 atom stereocenters. The number of carbonyl (C=O) groups is 2. The second-order valence-electron chi connectivity index (χ2n) is 5.92. The molecule has 0 aliphatic heterocycles. The number of hydrogen-bond acceptors (Lipinski definition) is 4. The molecule has 1 amide bonds. The summed E-state index contributed by atoms with van der Waals surface area (Å²) in [4.78, 5) is 23.8. The highest BCUT2D eigenvalue weighted by Crippen LogP contribution is 2.12. The number of nitrogens with one attached hydrogen (secondary N) is 1. The van der Waals surface area contributed by atoms with Crippen LogP contribution in [0.25, 0.3) is 0 Å². The summed E-state index contributed by atoms with van der Waals surface area (Å²) < 4.78 is 10.6. The molecule has 0 aliphatic carbocycles. The van der Waals surface area contributed by atoms with Crippen molar-refractivity contribution in [3.05, 3.63) is 60.2 Å². The molecule has 0 unspecified atom stereocenters. The third-order valence-electron chi connectivity index (χ3n) is 3.75. The average molecular weight is 355 g/mol. The van der Waals surface area contributed by atoms with Crippen LogP contribution in [0.2, 0.25) is 0 Å². The minimum Gasteiger partial charge on any atom is -0.484 e. The van der Waals surface area contributed by atoms with E-state index in [0.29, 0.717) is 23.6 Å². The normalized spacial score (nSPS) is 10.2. The number of anilines is 1. The van der Waals surface area contributed by atoms with Crippen molar-refractivity contribution in [3.8, 4) is 5.75 Å². The molecular weight excluding hydrogens is 330 g/mol. The molecule has 0 fully saturated rings. The zero-order valence-corrected chi connectivity index (χ0v) is 15.1. The summed E-state index contributed by atoms with van der Waals surface area (Å²) in [6, 6.07) is 15.8. The zero-order valence-electron chi connectivity index (χ0n) is 15.1. The van der Waals surface area contributed by atoms with E-state index >= 15 is 0 Å². The van der Waals surface area contributed by atoms with E-state index < -0.39 is 0 Å². The summed E-state index contributed by atoms with van der Waals surface area (Å²) in [6.45, 7) is 2.50. The molecular formula is C21H25NO4. The highest BCUT2D eigenvalue weighted by Gasteiger charge is 2.08. The van der Waals surface area contributed by atoms with Crippen molar-refractivity contribution >= 4 is 17.6 Å². The van der Waals surface area contributed by atoms with Gasteiger partial charge in [-0.1, -0.05) is 44.4 Å². The lowest BCUT2D eigenvalue weighted by molar-refractivity contribution is -0.118. The van der Waals surface area contributed by atoms with Gasteiger partial charge in [-0.25, -0.2) is 4.79 Å². The number of benzene rings is 2. The minimum atomic E-state index is -0.341. The van der Waals surface area contributed by atoms with Crippen LogP contribution in [0, 0.1) is 0 Å². The first-order valence-corrected chi connectivity index (χ1v) is 8.94. The lowest BCUT2D eigenvalue weighted by Gasteiger charge is -2.08. The van der Waals surface area contributed by atoms with Gasteiger partial charge < -0.3 is 14.8 Å². The van der Waals surface area contributed by atoms with Crippen molar-refractivity contribution in [2.75, 3.05) is 18.5 Å². The van der Waals surface area contributed by atoms with Gasteiger partial charge in [-0.05, 0) is 42.8 Å². The molecule has 2 aromatic rings. The number of hydrogen-bond donors (Lipinski definition) is 1. The molecule has 2 aromatic carbocycles. The molecule has 26 heavy (non-hydrogen) atoms. The van der Waals surface area contributed by atoms with Crippen LogP contribution in [0.4, 0.5) is 5.69 Å². The fourth-order valence-corrected chi connectivity index (χ4v) is 2.33. The molecule has 5 heteroatoms. The van der Waals surface area contributed by atoms with Gasteiger partial charge in [0.1, 0.15) is 5.75 Å². The molecule has 0 aliphatic rings. The Kier molecular flexibility index (Phi) is 8.19. The molecule has 0 spiro atoms. The summed E-state index contributed by atoms with van der Waals surface area (Å²) in [6.07, 6.45) is 4.26. The molecule has 0 bridgehead atoms. The van der Waals surface area contributed by atoms with Crippen LogP contribution < -0.4 is 10.1 Å². The second-order valence-corrected chi connectivity index (χ2v) is 5.92. The molecule has 0 saturated heterocycles. The molecule has 138 valence electrons. The molecule has 0 heterocycles. The fourth-order valence-electron chi connectivity index (χ4n) is 2.33. The Hall–Kier alpha value is -2.82. The second kappa shape index (κ2) is 10.9. The van der Waals surface area contributed by atoms with Gasteiger partial charge in [0, 0.05) is 5.69 Å². The maximum atomic E-state index is 11.9. The molecule has 0 aromatic heterocycles. The van der Waals surface area contributed by atoms with Crippen molar-refractivity contribution in [3.63, 3.8) is 0 Å². The predicted molar refractivity (Wildman–Crippen MR) is 101 cm³/mol. The summed E-state index contributed by atoms with van der Waals surface area (Å²) in [7, 11) is 0. The van der Waals surface area contributed by atoms with Gasteiger partial charge in [0.05, 0.1) is 12.2 Å². The van der Waals surface area contributed by atoms with E-state index in [-0.39, 0.29) is 18.5 Å². The highest BCUT2D eigenvalue weighted by molar-refractivity contribution is 5.93. The number of para-hydroxylation sites is 1. The fraction of sp³-hybridized carbons (Fsp3) is 0.333. The molecule has 0 saturated carbocycles. The van der Waals surface area contributed by atoms with E-state index in [2.05, 4.69) is 12.2 Å². The van der Waals surface area contributed by atoms with Gasteiger partial charge in [0.25, 0.3) is 5.91 Å². The Labute approximate surface area is 154 Å². The van der Waals surface area contributed by atoms with Crippen LogP contribution in [-0.4, -0.2) is 25.1 Å². The summed E-state index contributed by atoms with van der Waals surface area (Å²) in [5.41, 5.74) is 1.07. The third-order valence-corrected chi connectivity index (χ3v) is 3.75. The summed E-state index contributed by atoms with van der Waals surface area (Å²) in [5.74, 6) is 0.0339. The third kappa shape index (κ3) is 6.97. The van der Waals surface area contributed by atoms with Gasteiger partial charge in [0.15, 0.2) is 6.61 Å². The number of unbranched alkanes of at least 4 members (excludes halogenated alkanes) is 3. The molecule has 0 radical (unpaired) electrons. The van der Waals surface area contributed by atoms with Gasteiger partial charge in [0.2, 0.25) is 0 Å². The van der Waals surface area contributed by atoms with Gasteiger partial charge in [-0.15, -0.1) is 0 Å². The largest absolute Gasteiger partial charge is 0.484 e. The summed E-state index contributed by atoms with van der Waals surface area (Å²) in [5, 5.41) is 2.73. The van der Waals surface area contributed by atoms with Crippen LogP contribution >= 0.6 is 0 Å². The van der Waals surface area contributed by atoms with Crippen LogP contribution in [0.3, 0.4) is 0 Å². The molecule has 2 rings (SSSR count). The SMILES string of the molecule is CCCCCCOC(=O)c1ccc(NC(=O)COc2ccccc2)cc1. The van der Waals surface area contributed by atoms with Gasteiger partial charge >= 0.3 is 5.97 Å². The van der Waals surface area contributed by atoms with Gasteiger partial charge in [-0.2, -0.15) is 0 Å². The maximum Gasteiger partial charge on any atom is 0.338 e. The quantitative estimate of drug-likeness (QED) is 0.505. The lowest BCUT2D eigenvalue weighted by atomic mass is 10.2. The van der Waals surface area contributed by atoms with Crippen molar-refractivity contribution in [1.82, 2.24) is 0 Å². The summed E-state index contributed by atoms with van der Waals surface area (Å²) >= 11 is 0. The van der Waals surface area contributed by atoms with Crippen LogP contribution in [0.1, 0.15) is 43.0 Å². The number of esters is 1. The monoisotopic (exact) mass is 355 g/mol. The van der Waals surface area contributed by atoms with Crippen molar-refractivity contribution in [1.29, 1.82) is 0 Å². The maximum absolute atomic E-state index is 11.9. The predicted octanol–water partition coefficient (Wildman–Crippen LogP) is 4.44. The smallest absolute Gasteiger partial charge is 0.338 e. The molecule has 1 N–H and O–H groups in total. The highest BCUT2D eigenvalue weighted by atomic mass is 16.5. The van der Waals surface area contributed by atoms with E-state index in [1.165, 1.54) is 0 Å². The van der Waals surface area contributed by atoms with E-state index in [9.17, 15) is 9.59 Å². The number of rotatable bonds is 10. The van der Waals surface area contributed by atoms with Crippen LogP contribution in [0.15, 0.2) is 54.6 Å².